The van der Waals surface area contributed by atoms with Crippen molar-refractivity contribution in [3.63, 3.8) is 0 Å². The minimum atomic E-state index is -0.300. The van der Waals surface area contributed by atoms with Gasteiger partial charge < -0.3 is 5.32 Å². The Morgan fingerprint density at radius 3 is 2.41 bits per heavy atom. The number of hydrogen-bond donors (Lipinski definition) is 1. The summed E-state index contributed by atoms with van der Waals surface area (Å²) in [5.41, 5.74) is 2.55. The molecular formula is C18H20N3O+. The van der Waals surface area contributed by atoms with Crippen LogP contribution in [0.1, 0.15) is 37.4 Å². The highest BCUT2D eigenvalue weighted by Gasteiger charge is 2.21. The molecule has 0 saturated carbocycles. The van der Waals surface area contributed by atoms with Crippen LogP contribution in [0.5, 0.6) is 0 Å². The van der Waals surface area contributed by atoms with Crippen LogP contribution < -0.4 is 9.88 Å². The average Bonchev–Trinajstić information content (AvgIpc) is 2.56. The Balaban J connectivity index is 2.03. The fourth-order valence-electron chi connectivity index (χ4n) is 2.19. The lowest BCUT2D eigenvalue weighted by Crippen LogP contribution is -2.44. The monoisotopic (exact) mass is 294 g/mol. The second-order valence-electron chi connectivity index (χ2n) is 5.26. The SMILES string of the molecule is CCCc1cc[n+]([C@H](C)C(=O)Nc2ccc(C#N)cc2)cc1. The van der Waals surface area contributed by atoms with E-state index in [4.69, 9.17) is 5.26 Å². The molecule has 0 aliphatic rings. The Hall–Kier alpha value is -2.67. The second kappa shape index (κ2) is 7.37. The summed E-state index contributed by atoms with van der Waals surface area (Å²) in [4.78, 5) is 12.3. The first-order chi connectivity index (χ1) is 10.6. The first-order valence-electron chi connectivity index (χ1n) is 7.44. The van der Waals surface area contributed by atoms with Crippen LogP contribution in [-0.2, 0) is 11.2 Å². The third kappa shape index (κ3) is 3.92. The van der Waals surface area contributed by atoms with E-state index < -0.39 is 0 Å². The predicted octanol–water partition coefficient (Wildman–Crippen LogP) is 3.00. The Bertz CT molecular complexity index is 669. The van der Waals surface area contributed by atoms with Gasteiger partial charge in [-0.05, 0) is 36.2 Å². The van der Waals surface area contributed by atoms with Gasteiger partial charge in [0.15, 0.2) is 12.4 Å². The molecule has 0 fully saturated rings. The van der Waals surface area contributed by atoms with Crippen molar-refractivity contribution in [2.75, 3.05) is 5.32 Å². The van der Waals surface area contributed by atoms with E-state index in [1.54, 1.807) is 24.3 Å². The number of aromatic nitrogens is 1. The number of anilines is 1. The lowest BCUT2D eigenvalue weighted by molar-refractivity contribution is -0.705. The predicted molar refractivity (Wildman–Crippen MR) is 85.1 cm³/mol. The Labute approximate surface area is 131 Å². The highest BCUT2D eigenvalue weighted by Crippen LogP contribution is 2.10. The zero-order valence-corrected chi connectivity index (χ0v) is 12.9. The van der Waals surface area contributed by atoms with Gasteiger partial charge >= 0.3 is 0 Å². The largest absolute Gasteiger partial charge is 0.320 e. The summed E-state index contributed by atoms with van der Waals surface area (Å²) in [6.07, 6.45) is 6.04. The molecule has 1 heterocycles. The third-order valence-corrected chi connectivity index (χ3v) is 3.57. The van der Waals surface area contributed by atoms with Crippen LogP contribution in [0.15, 0.2) is 48.8 Å². The fourth-order valence-corrected chi connectivity index (χ4v) is 2.19. The van der Waals surface area contributed by atoms with Gasteiger partial charge in [-0.3, -0.25) is 4.79 Å². The van der Waals surface area contributed by atoms with Crippen LogP contribution >= 0.6 is 0 Å². The molecule has 0 bridgehead atoms. The molecule has 4 nitrogen and oxygen atoms in total. The van der Waals surface area contributed by atoms with Crippen LogP contribution in [0, 0.1) is 11.3 Å². The van der Waals surface area contributed by atoms with Gasteiger partial charge in [0.1, 0.15) is 0 Å². The lowest BCUT2D eigenvalue weighted by atomic mass is 10.1. The maximum atomic E-state index is 12.3. The minimum absolute atomic E-state index is 0.0852. The van der Waals surface area contributed by atoms with Crippen molar-refractivity contribution in [3.8, 4) is 6.07 Å². The number of benzene rings is 1. The van der Waals surface area contributed by atoms with Crippen LogP contribution in [0.4, 0.5) is 5.69 Å². The van der Waals surface area contributed by atoms with Gasteiger partial charge in [0, 0.05) is 24.7 Å². The first-order valence-corrected chi connectivity index (χ1v) is 7.44. The molecular weight excluding hydrogens is 274 g/mol. The third-order valence-electron chi connectivity index (χ3n) is 3.57. The van der Waals surface area contributed by atoms with E-state index in [1.165, 1.54) is 5.56 Å². The molecule has 4 heteroatoms. The number of carbonyl (C=O) groups excluding carboxylic acids is 1. The zero-order chi connectivity index (χ0) is 15.9. The van der Waals surface area contributed by atoms with Gasteiger partial charge in [0.25, 0.3) is 5.91 Å². The van der Waals surface area contributed by atoms with Gasteiger partial charge in [-0.15, -0.1) is 0 Å². The van der Waals surface area contributed by atoms with Gasteiger partial charge in [-0.25, -0.2) is 0 Å². The maximum absolute atomic E-state index is 12.3. The van der Waals surface area contributed by atoms with Gasteiger partial charge in [-0.1, -0.05) is 13.3 Å². The number of nitriles is 1. The first kappa shape index (κ1) is 15.7. The van der Waals surface area contributed by atoms with Crippen molar-refractivity contribution in [2.45, 2.75) is 32.7 Å². The Morgan fingerprint density at radius 1 is 1.23 bits per heavy atom. The molecule has 0 spiro atoms. The quantitative estimate of drug-likeness (QED) is 0.862. The molecule has 0 aliphatic heterocycles. The number of nitrogens with one attached hydrogen (secondary N) is 1. The topological polar surface area (TPSA) is 56.8 Å². The van der Waals surface area contributed by atoms with Gasteiger partial charge in [0.05, 0.1) is 11.6 Å². The molecule has 0 radical (unpaired) electrons. The van der Waals surface area contributed by atoms with Crippen molar-refractivity contribution < 1.29 is 9.36 Å². The molecule has 1 aromatic carbocycles. The summed E-state index contributed by atoms with van der Waals surface area (Å²) in [5.74, 6) is -0.0852. The molecule has 1 amide bonds. The maximum Gasteiger partial charge on any atom is 0.293 e. The van der Waals surface area contributed by atoms with E-state index in [0.29, 0.717) is 11.3 Å². The van der Waals surface area contributed by atoms with E-state index in [2.05, 4.69) is 30.4 Å². The highest BCUT2D eigenvalue weighted by molar-refractivity contribution is 5.92. The van der Waals surface area contributed by atoms with E-state index >= 15 is 0 Å². The van der Waals surface area contributed by atoms with E-state index in [-0.39, 0.29) is 11.9 Å². The number of aryl methyl sites for hydroxylation is 1. The fraction of sp³-hybridized carbons (Fsp3) is 0.278. The molecule has 22 heavy (non-hydrogen) atoms. The Kier molecular flexibility index (Phi) is 5.26. The number of amides is 1. The lowest BCUT2D eigenvalue weighted by Gasteiger charge is -2.09. The normalized spacial score (nSPS) is 11.5. The number of carbonyl (C=O) groups is 1. The van der Waals surface area contributed by atoms with Crippen LogP contribution in [-0.4, -0.2) is 5.91 Å². The number of nitrogens with zero attached hydrogens (tertiary/aromatic N) is 2. The molecule has 112 valence electrons. The molecule has 2 aromatic rings. The molecule has 0 saturated heterocycles. The molecule has 0 aliphatic carbocycles. The number of rotatable bonds is 5. The number of pyridine rings is 1. The average molecular weight is 294 g/mol. The van der Waals surface area contributed by atoms with Crippen molar-refractivity contribution in [2.24, 2.45) is 0 Å². The summed E-state index contributed by atoms with van der Waals surface area (Å²) < 4.78 is 1.89. The summed E-state index contributed by atoms with van der Waals surface area (Å²) in [6, 6.07) is 12.7. The van der Waals surface area contributed by atoms with Crippen molar-refractivity contribution in [1.29, 1.82) is 5.26 Å². The molecule has 1 atom stereocenters. The highest BCUT2D eigenvalue weighted by atomic mass is 16.2. The molecule has 1 aromatic heterocycles. The van der Waals surface area contributed by atoms with Crippen molar-refractivity contribution >= 4 is 11.6 Å². The molecule has 1 N–H and O–H groups in total. The van der Waals surface area contributed by atoms with E-state index in [9.17, 15) is 4.79 Å². The second-order valence-corrected chi connectivity index (χ2v) is 5.26. The van der Waals surface area contributed by atoms with Crippen LogP contribution in [0.3, 0.4) is 0 Å². The smallest absolute Gasteiger partial charge is 0.293 e. The van der Waals surface area contributed by atoms with Crippen LogP contribution in [0.2, 0.25) is 0 Å². The number of hydrogen-bond acceptors (Lipinski definition) is 2. The van der Waals surface area contributed by atoms with E-state index in [1.807, 2.05) is 23.9 Å². The van der Waals surface area contributed by atoms with Crippen LogP contribution in [0.25, 0.3) is 0 Å². The summed E-state index contributed by atoms with van der Waals surface area (Å²) in [7, 11) is 0. The van der Waals surface area contributed by atoms with Gasteiger partial charge in [-0.2, -0.15) is 9.83 Å². The zero-order valence-electron chi connectivity index (χ0n) is 12.9. The Morgan fingerprint density at radius 2 is 1.86 bits per heavy atom. The summed E-state index contributed by atoms with van der Waals surface area (Å²) in [5, 5.41) is 11.6. The standard InChI is InChI=1S/C18H19N3O/c1-3-4-15-9-11-21(12-10-15)14(2)18(22)20-17-7-5-16(13-19)6-8-17/h5-12,14H,3-4H2,1-2H3/p+1/t14-/m1/s1. The van der Waals surface area contributed by atoms with Gasteiger partial charge in [0.2, 0.25) is 6.04 Å². The summed E-state index contributed by atoms with van der Waals surface area (Å²) in [6.45, 7) is 4.01. The summed E-state index contributed by atoms with van der Waals surface area (Å²) >= 11 is 0. The van der Waals surface area contributed by atoms with E-state index in [0.717, 1.165) is 12.8 Å². The molecule has 2 rings (SSSR count). The van der Waals surface area contributed by atoms with Crippen molar-refractivity contribution in [1.82, 2.24) is 0 Å². The molecule has 0 unspecified atom stereocenters. The minimum Gasteiger partial charge on any atom is -0.320 e. The van der Waals surface area contributed by atoms with Crippen molar-refractivity contribution in [3.05, 3.63) is 59.9 Å².